The minimum atomic E-state index is 0.754. The second kappa shape index (κ2) is 5.24. The quantitative estimate of drug-likeness (QED) is 0.806. The predicted octanol–water partition coefficient (Wildman–Crippen LogP) is 4.95. The lowest BCUT2D eigenvalue weighted by atomic mass is 10.1. The monoisotopic (exact) mass is 245 g/mol. The highest BCUT2D eigenvalue weighted by Gasteiger charge is 2.00. The molecule has 1 N–H and O–H groups in total. The fourth-order valence-electron chi connectivity index (χ4n) is 1.70. The Kier molecular flexibility index (Phi) is 3.70. The van der Waals surface area contributed by atoms with Gasteiger partial charge in [0.25, 0.3) is 0 Å². The fourth-order valence-corrected chi connectivity index (χ4v) is 1.98. The van der Waals surface area contributed by atoms with E-state index >= 15 is 0 Å². The highest BCUT2D eigenvalue weighted by Crippen LogP contribution is 2.26. The van der Waals surface area contributed by atoms with Gasteiger partial charge < -0.3 is 5.32 Å². The summed E-state index contributed by atoms with van der Waals surface area (Å²) in [6.07, 6.45) is 1.06. The van der Waals surface area contributed by atoms with Gasteiger partial charge in [0.2, 0.25) is 0 Å². The second-order valence-electron chi connectivity index (χ2n) is 4.16. The lowest BCUT2D eigenvalue weighted by molar-refractivity contribution is 1.14. The Balaban J connectivity index is 2.19. The van der Waals surface area contributed by atoms with E-state index in [-0.39, 0.29) is 0 Å². The van der Waals surface area contributed by atoms with Crippen molar-refractivity contribution in [3.8, 4) is 0 Å². The molecule has 0 saturated heterocycles. The zero-order valence-corrected chi connectivity index (χ0v) is 10.9. The Morgan fingerprint density at radius 2 is 1.76 bits per heavy atom. The van der Waals surface area contributed by atoms with Gasteiger partial charge in [-0.2, -0.15) is 0 Å². The number of hydrogen-bond acceptors (Lipinski definition) is 1. The van der Waals surface area contributed by atoms with E-state index in [0.29, 0.717) is 0 Å². The van der Waals surface area contributed by atoms with Gasteiger partial charge in [0.1, 0.15) is 0 Å². The molecule has 0 aliphatic carbocycles. The largest absolute Gasteiger partial charge is 0.354 e. The number of anilines is 2. The summed E-state index contributed by atoms with van der Waals surface area (Å²) in [6, 6.07) is 14.4. The van der Waals surface area contributed by atoms with Gasteiger partial charge in [0.05, 0.1) is 10.7 Å². The molecule has 0 saturated carbocycles. The Morgan fingerprint density at radius 1 is 1.06 bits per heavy atom. The maximum absolute atomic E-state index is 6.18. The molecule has 0 amide bonds. The van der Waals surface area contributed by atoms with Crippen LogP contribution in [0.1, 0.15) is 18.1 Å². The van der Waals surface area contributed by atoms with Gasteiger partial charge in [-0.05, 0) is 48.7 Å². The molecule has 0 aliphatic heterocycles. The molecule has 0 radical (unpaired) electrons. The van der Waals surface area contributed by atoms with E-state index in [1.807, 2.05) is 19.1 Å². The van der Waals surface area contributed by atoms with E-state index in [1.165, 1.54) is 11.1 Å². The van der Waals surface area contributed by atoms with E-state index in [1.54, 1.807) is 0 Å². The van der Waals surface area contributed by atoms with Gasteiger partial charge in [-0.25, -0.2) is 0 Å². The molecule has 2 heteroatoms. The van der Waals surface area contributed by atoms with Gasteiger partial charge in [0.15, 0.2) is 0 Å². The molecule has 0 bridgehead atoms. The summed E-state index contributed by atoms with van der Waals surface area (Å²) in [6.45, 7) is 4.19. The summed E-state index contributed by atoms with van der Waals surface area (Å²) in [5.74, 6) is 0. The molecule has 0 unspecified atom stereocenters. The molecule has 1 nitrogen and oxygen atoms in total. The topological polar surface area (TPSA) is 12.0 Å². The van der Waals surface area contributed by atoms with Gasteiger partial charge >= 0.3 is 0 Å². The molecule has 0 spiro atoms. The van der Waals surface area contributed by atoms with Crippen LogP contribution in [0.15, 0.2) is 42.5 Å². The molecule has 0 fully saturated rings. The minimum Gasteiger partial charge on any atom is -0.354 e. The van der Waals surface area contributed by atoms with Crippen LogP contribution < -0.4 is 5.32 Å². The van der Waals surface area contributed by atoms with E-state index in [9.17, 15) is 0 Å². The van der Waals surface area contributed by atoms with Crippen LogP contribution in [-0.4, -0.2) is 0 Å². The Morgan fingerprint density at radius 3 is 2.35 bits per heavy atom. The third kappa shape index (κ3) is 3.01. The number of aryl methyl sites for hydroxylation is 2. The van der Waals surface area contributed by atoms with Crippen molar-refractivity contribution in [2.24, 2.45) is 0 Å². The van der Waals surface area contributed by atoms with Crippen LogP contribution in [0.5, 0.6) is 0 Å². The highest BCUT2D eigenvalue weighted by molar-refractivity contribution is 6.33. The molecule has 2 aromatic carbocycles. The first-order chi connectivity index (χ1) is 8.19. The molecule has 0 aromatic heterocycles. The molecule has 17 heavy (non-hydrogen) atoms. The van der Waals surface area contributed by atoms with Crippen molar-refractivity contribution in [1.29, 1.82) is 0 Å². The minimum absolute atomic E-state index is 0.754. The smallest absolute Gasteiger partial charge is 0.0643 e. The Bertz CT molecular complexity index is 503. The van der Waals surface area contributed by atoms with E-state index in [0.717, 1.165) is 22.8 Å². The molecular formula is C15H16ClN. The van der Waals surface area contributed by atoms with Crippen LogP contribution >= 0.6 is 11.6 Å². The summed E-state index contributed by atoms with van der Waals surface area (Å²) >= 11 is 6.18. The SMILES string of the molecule is CCc1ccc(Nc2ccc(C)cc2Cl)cc1. The van der Waals surface area contributed by atoms with E-state index < -0.39 is 0 Å². The van der Waals surface area contributed by atoms with Crippen molar-refractivity contribution < 1.29 is 0 Å². The van der Waals surface area contributed by atoms with E-state index in [2.05, 4.69) is 42.6 Å². The fraction of sp³-hybridized carbons (Fsp3) is 0.200. The van der Waals surface area contributed by atoms with Crippen molar-refractivity contribution in [1.82, 2.24) is 0 Å². The van der Waals surface area contributed by atoms with Crippen molar-refractivity contribution >= 4 is 23.0 Å². The summed E-state index contributed by atoms with van der Waals surface area (Å²) in [7, 11) is 0. The lowest BCUT2D eigenvalue weighted by Gasteiger charge is -2.09. The second-order valence-corrected chi connectivity index (χ2v) is 4.57. The Hall–Kier alpha value is -1.47. The number of nitrogens with one attached hydrogen (secondary N) is 1. The van der Waals surface area contributed by atoms with Crippen molar-refractivity contribution in [3.63, 3.8) is 0 Å². The first-order valence-electron chi connectivity index (χ1n) is 5.81. The molecular weight excluding hydrogens is 230 g/mol. The summed E-state index contributed by atoms with van der Waals surface area (Å²) in [5.41, 5.74) is 4.52. The average Bonchev–Trinajstić information content (AvgIpc) is 2.34. The van der Waals surface area contributed by atoms with Crippen LogP contribution in [0.3, 0.4) is 0 Å². The Labute approximate surface area is 107 Å². The maximum atomic E-state index is 6.18. The summed E-state index contributed by atoms with van der Waals surface area (Å²) in [5, 5.41) is 4.07. The van der Waals surface area contributed by atoms with Crippen LogP contribution in [0.25, 0.3) is 0 Å². The first-order valence-corrected chi connectivity index (χ1v) is 6.19. The highest BCUT2D eigenvalue weighted by atomic mass is 35.5. The molecule has 0 aliphatic rings. The third-order valence-corrected chi connectivity index (χ3v) is 3.08. The zero-order chi connectivity index (χ0) is 12.3. The molecule has 0 heterocycles. The standard InChI is InChI=1S/C15H16ClN/c1-3-12-5-7-13(8-6-12)17-15-9-4-11(2)10-14(15)16/h4-10,17H,3H2,1-2H3. The van der Waals surface area contributed by atoms with Gasteiger partial charge in [0, 0.05) is 5.69 Å². The molecule has 2 rings (SSSR count). The number of rotatable bonds is 3. The van der Waals surface area contributed by atoms with Crippen LogP contribution in [0, 0.1) is 6.92 Å². The summed E-state index contributed by atoms with van der Waals surface area (Å²) in [4.78, 5) is 0. The van der Waals surface area contributed by atoms with Crippen LogP contribution in [-0.2, 0) is 6.42 Å². The van der Waals surface area contributed by atoms with Crippen molar-refractivity contribution in [2.45, 2.75) is 20.3 Å². The predicted molar refractivity (Wildman–Crippen MR) is 75.3 cm³/mol. The first kappa shape index (κ1) is 12.0. The zero-order valence-electron chi connectivity index (χ0n) is 10.1. The normalized spacial score (nSPS) is 10.3. The third-order valence-electron chi connectivity index (χ3n) is 2.77. The van der Waals surface area contributed by atoms with Gasteiger partial charge in [-0.15, -0.1) is 0 Å². The maximum Gasteiger partial charge on any atom is 0.0643 e. The van der Waals surface area contributed by atoms with E-state index in [4.69, 9.17) is 11.6 Å². The van der Waals surface area contributed by atoms with Crippen LogP contribution in [0.4, 0.5) is 11.4 Å². The van der Waals surface area contributed by atoms with Gasteiger partial charge in [-0.1, -0.05) is 36.7 Å². The molecule has 0 atom stereocenters. The van der Waals surface area contributed by atoms with Crippen LogP contribution in [0.2, 0.25) is 5.02 Å². The van der Waals surface area contributed by atoms with Crippen molar-refractivity contribution in [3.05, 3.63) is 58.6 Å². The number of benzene rings is 2. The summed E-state index contributed by atoms with van der Waals surface area (Å²) < 4.78 is 0. The number of hydrogen-bond donors (Lipinski definition) is 1. The molecule has 2 aromatic rings. The van der Waals surface area contributed by atoms with Crippen molar-refractivity contribution in [2.75, 3.05) is 5.32 Å². The average molecular weight is 246 g/mol. The number of halogens is 1. The van der Waals surface area contributed by atoms with Gasteiger partial charge in [-0.3, -0.25) is 0 Å². The lowest BCUT2D eigenvalue weighted by Crippen LogP contribution is -1.92. The molecule has 88 valence electrons.